The largest absolute Gasteiger partial charge is 0.369 e. The zero-order chi connectivity index (χ0) is 24.5. The molecule has 0 radical (unpaired) electrons. The third kappa shape index (κ3) is 4.51. The van der Waals surface area contributed by atoms with Crippen molar-refractivity contribution in [1.29, 1.82) is 0 Å². The lowest BCUT2D eigenvalue weighted by Gasteiger charge is -2.35. The van der Waals surface area contributed by atoms with Gasteiger partial charge in [0.25, 0.3) is 11.8 Å². The summed E-state index contributed by atoms with van der Waals surface area (Å²) in [6.07, 6.45) is 0.535. The van der Waals surface area contributed by atoms with Crippen LogP contribution in [0.5, 0.6) is 0 Å². The van der Waals surface area contributed by atoms with Crippen LogP contribution in [0.1, 0.15) is 33.5 Å². The van der Waals surface area contributed by atoms with Crippen LogP contribution in [0, 0.1) is 0 Å². The minimum Gasteiger partial charge on any atom is -0.369 e. The lowest BCUT2D eigenvalue weighted by Crippen LogP contribution is -2.44. The summed E-state index contributed by atoms with van der Waals surface area (Å²) in [6.45, 7) is 6.75. The van der Waals surface area contributed by atoms with Gasteiger partial charge in [-0.3, -0.25) is 9.59 Å². The number of amides is 2. The Balaban J connectivity index is 1.53. The Morgan fingerprint density at radius 2 is 1.71 bits per heavy atom. The highest BCUT2D eigenvalue weighted by Gasteiger charge is 2.35. The van der Waals surface area contributed by atoms with Gasteiger partial charge in [0.2, 0.25) is 0 Å². The van der Waals surface area contributed by atoms with Crippen molar-refractivity contribution in [3.63, 3.8) is 0 Å². The van der Waals surface area contributed by atoms with Gasteiger partial charge >= 0.3 is 0 Å². The Morgan fingerprint density at radius 1 is 1.00 bits per heavy atom. The molecule has 0 spiro atoms. The van der Waals surface area contributed by atoms with E-state index in [0.717, 1.165) is 37.6 Å². The van der Waals surface area contributed by atoms with Crippen molar-refractivity contribution in [2.75, 3.05) is 56.1 Å². The summed E-state index contributed by atoms with van der Waals surface area (Å²) in [5.74, 6) is -0.451. The van der Waals surface area contributed by atoms with E-state index in [1.54, 1.807) is 21.7 Å². The number of piperazine rings is 1. The van der Waals surface area contributed by atoms with Gasteiger partial charge in [0.1, 0.15) is 5.69 Å². The SMILES string of the molecule is CCNC(=O)c1nn(-c2cccc(Cl)c2)c2c1CCN(c1cccc(N3CCN(C)CC3)c1)C2=O. The van der Waals surface area contributed by atoms with E-state index in [1.165, 1.54) is 0 Å². The fourth-order valence-corrected chi connectivity index (χ4v) is 4.93. The van der Waals surface area contributed by atoms with E-state index in [9.17, 15) is 9.59 Å². The fourth-order valence-electron chi connectivity index (χ4n) is 4.75. The van der Waals surface area contributed by atoms with E-state index >= 15 is 0 Å². The quantitative estimate of drug-likeness (QED) is 0.592. The molecule has 2 aliphatic rings. The molecule has 1 saturated heterocycles. The topological polar surface area (TPSA) is 73.7 Å². The molecule has 1 N–H and O–H groups in total. The molecule has 0 bridgehead atoms. The number of halogens is 1. The number of carbonyl (C=O) groups is 2. The normalized spacial score (nSPS) is 16.4. The number of anilines is 2. The molecule has 0 atom stereocenters. The predicted octanol–water partition coefficient (Wildman–Crippen LogP) is 3.23. The highest BCUT2D eigenvalue weighted by Crippen LogP contribution is 2.31. The molecule has 35 heavy (non-hydrogen) atoms. The van der Waals surface area contributed by atoms with E-state index in [1.807, 2.05) is 31.2 Å². The van der Waals surface area contributed by atoms with E-state index in [-0.39, 0.29) is 11.8 Å². The van der Waals surface area contributed by atoms with Crippen LogP contribution < -0.4 is 15.1 Å². The van der Waals surface area contributed by atoms with Gasteiger partial charge < -0.3 is 20.0 Å². The molecule has 3 heterocycles. The third-order valence-corrected chi connectivity index (χ3v) is 6.87. The van der Waals surface area contributed by atoms with Gasteiger partial charge in [-0.1, -0.05) is 23.7 Å². The molecule has 8 nitrogen and oxygen atoms in total. The highest BCUT2D eigenvalue weighted by atomic mass is 35.5. The van der Waals surface area contributed by atoms with Gasteiger partial charge in [0.05, 0.1) is 5.69 Å². The monoisotopic (exact) mass is 492 g/mol. The van der Waals surface area contributed by atoms with Crippen LogP contribution in [0.3, 0.4) is 0 Å². The molecule has 1 aromatic heterocycles. The van der Waals surface area contributed by atoms with E-state index < -0.39 is 0 Å². The summed E-state index contributed by atoms with van der Waals surface area (Å²) >= 11 is 6.23. The zero-order valence-corrected chi connectivity index (χ0v) is 20.8. The average Bonchev–Trinajstić information content (AvgIpc) is 3.26. The summed E-state index contributed by atoms with van der Waals surface area (Å²) in [5, 5.41) is 7.94. The summed E-state index contributed by atoms with van der Waals surface area (Å²) < 4.78 is 1.56. The number of nitrogens with one attached hydrogen (secondary N) is 1. The van der Waals surface area contributed by atoms with Gasteiger partial charge in [-0.15, -0.1) is 0 Å². The molecular weight excluding hydrogens is 464 g/mol. The Kier molecular flexibility index (Phi) is 6.49. The predicted molar refractivity (Wildman–Crippen MR) is 138 cm³/mol. The number of nitrogens with zero attached hydrogens (tertiary/aromatic N) is 5. The third-order valence-electron chi connectivity index (χ3n) is 6.63. The lowest BCUT2D eigenvalue weighted by atomic mass is 10.0. The van der Waals surface area contributed by atoms with Crippen molar-refractivity contribution in [3.8, 4) is 5.69 Å². The highest BCUT2D eigenvalue weighted by molar-refractivity contribution is 6.30. The van der Waals surface area contributed by atoms with E-state index in [4.69, 9.17) is 11.6 Å². The average molecular weight is 493 g/mol. The molecule has 1 fully saturated rings. The van der Waals surface area contributed by atoms with Gasteiger partial charge in [0.15, 0.2) is 5.69 Å². The molecule has 2 aromatic carbocycles. The molecule has 2 amide bonds. The van der Waals surface area contributed by atoms with Gasteiger partial charge in [-0.25, -0.2) is 4.68 Å². The molecule has 0 saturated carbocycles. The minimum absolute atomic E-state index is 0.176. The van der Waals surface area contributed by atoms with E-state index in [2.05, 4.69) is 39.4 Å². The first-order valence-corrected chi connectivity index (χ1v) is 12.4. The van der Waals surface area contributed by atoms with Gasteiger partial charge in [-0.2, -0.15) is 5.10 Å². The Morgan fingerprint density at radius 3 is 2.46 bits per heavy atom. The first-order valence-electron chi connectivity index (χ1n) is 12.0. The van der Waals surface area contributed by atoms with Crippen molar-refractivity contribution >= 4 is 34.8 Å². The number of benzene rings is 2. The van der Waals surface area contributed by atoms with Crippen LogP contribution >= 0.6 is 11.6 Å². The number of carbonyl (C=O) groups excluding carboxylic acids is 2. The van der Waals surface area contributed by atoms with Crippen molar-refractivity contribution in [2.45, 2.75) is 13.3 Å². The van der Waals surface area contributed by atoms with Crippen LogP contribution in [-0.2, 0) is 6.42 Å². The molecular formula is C26H29ClN6O2. The second-order valence-electron chi connectivity index (χ2n) is 8.94. The first-order chi connectivity index (χ1) is 17.0. The maximum atomic E-state index is 13.9. The second kappa shape index (κ2) is 9.71. The molecule has 9 heteroatoms. The molecule has 182 valence electrons. The van der Waals surface area contributed by atoms with Crippen LogP contribution in [0.15, 0.2) is 48.5 Å². The van der Waals surface area contributed by atoms with Crippen molar-refractivity contribution in [1.82, 2.24) is 20.0 Å². The second-order valence-corrected chi connectivity index (χ2v) is 9.38. The number of hydrogen-bond donors (Lipinski definition) is 1. The van der Waals surface area contributed by atoms with Gasteiger partial charge in [0, 0.05) is 61.2 Å². The Bertz CT molecular complexity index is 1260. The van der Waals surface area contributed by atoms with Crippen molar-refractivity contribution in [2.24, 2.45) is 0 Å². The van der Waals surface area contributed by atoms with Crippen LogP contribution in [0.4, 0.5) is 11.4 Å². The maximum Gasteiger partial charge on any atom is 0.277 e. The van der Waals surface area contributed by atoms with Crippen LogP contribution in [0.2, 0.25) is 5.02 Å². The maximum absolute atomic E-state index is 13.9. The Labute approximate surface area is 210 Å². The fraction of sp³-hybridized carbons (Fsp3) is 0.346. The minimum atomic E-state index is -0.275. The lowest BCUT2D eigenvalue weighted by molar-refractivity contribution is 0.0949. The van der Waals surface area contributed by atoms with Gasteiger partial charge in [-0.05, 0) is 56.8 Å². The first kappa shape index (κ1) is 23.4. The molecule has 0 aliphatic carbocycles. The number of fused-ring (bicyclic) bond motifs is 1. The number of aromatic nitrogens is 2. The standard InChI is InChI=1S/C26H29ClN6O2/c1-3-28-25(34)23-22-10-11-32(20-8-5-7-19(17-20)31-14-12-30(2)13-15-31)26(35)24(22)33(29-23)21-9-4-6-18(27)16-21/h4-9,16-17H,3,10-15H2,1-2H3,(H,28,34). The number of likely N-dealkylation sites (N-methyl/N-ethyl adjacent to an activating group) is 1. The number of hydrogen-bond acceptors (Lipinski definition) is 5. The zero-order valence-electron chi connectivity index (χ0n) is 20.0. The van der Waals surface area contributed by atoms with Crippen LogP contribution in [-0.4, -0.2) is 72.8 Å². The summed E-state index contributed by atoms with van der Waals surface area (Å²) in [5.41, 5.74) is 3.97. The smallest absolute Gasteiger partial charge is 0.277 e. The van der Waals surface area contributed by atoms with Crippen LogP contribution in [0.25, 0.3) is 5.69 Å². The molecule has 3 aromatic rings. The molecule has 2 aliphatic heterocycles. The summed E-state index contributed by atoms with van der Waals surface area (Å²) in [6, 6.07) is 15.3. The van der Waals surface area contributed by atoms with E-state index in [0.29, 0.717) is 47.2 Å². The summed E-state index contributed by atoms with van der Waals surface area (Å²) in [7, 11) is 2.13. The van der Waals surface area contributed by atoms with Crippen molar-refractivity contribution in [3.05, 3.63) is 70.5 Å². The Hall–Kier alpha value is -3.36. The molecule has 0 unspecified atom stereocenters. The summed E-state index contributed by atoms with van der Waals surface area (Å²) in [4.78, 5) is 33.1. The van der Waals surface area contributed by atoms with Crippen molar-refractivity contribution < 1.29 is 9.59 Å². The number of rotatable bonds is 5. The molecule has 5 rings (SSSR count).